The average Bonchev–Trinajstić information content (AvgIpc) is 3.01. The highest BCUT2D eigenvalue weighted by atomic mass is 19.1. The first-order valence-electron chi connectivity index (χ1n) is 15.6. The predicted molar refractivity (Wildman–Crippen MR) is 171 cm³/mol. The molecule has 242 valence electrons. The van der Waals surface area contributed by atoms with Crippen LogP contribution in [0.25, 0.3) is 0 Å². The van der Waals surface area contributed by atoms with Gasteiger partial charge in [-0.2, -0.15) is 0 Å². The second-order valence-corrected chi connectivity index (χ2v) is 12.1. The monoisotopic (exact) mass is 620 g/mol. The Morgan fingerprint density at radius 3 is 2.18 bits per heavy atom. The van der Waals surface area contributed by atoms with Crippen LogP contribution in [-0.2, 0) is 20.7 Å². The van der Waals surface area contributed by atoms with Gasteiger partial charge in [-0.15, -0.1) is 0 Å². The summed E-state index contributed by atoms with van der Waals surface area (Å²) >= 11 is 0. The maximum absolute atomic E-state index is 13.0. The normalized spacial score (nSPS) is 13.0. The Balaban J connectivity index is 1.26. The van der Waals surface area contributed by atoms with Gasteiger partial charge in [0.15, 0.2) is 0 Å². The Bertz CT molecular complexity index is 1350. The fourth-order valence-corrected chi connectivity index (χ4v) is 4.70. The first kappa shape index (κ1) is 35.1. The number of hydrogen-bond donors (Lipinski definition) is 2. The van der Waals surface area contributed by atoms with E-state index in [1.807, 2.05) is 26.8 Å². The Labute approximate surface area is 265 Å². The van der Waals surface area contributed by atoms with Crippen LogP contribution < -0.4 is 10.6 Å². The lowest BCUT2D eigenvalue weighted by Gasteiger charge is -2.35. The van der Waals surface area contributed by atoms with Crippen LogP contribution in [0.4, 0.5) is 9.18 Å². The summed E-state index contributed by atoms with van der Waals surface area (Å²) in [5.41, 5.74) is 1.69. The highest BCUT2D eigenvalue weighted by Crippen LogP contribution is 2.14. The second-order valence-electron chi connectivity index (χ2n) is 12.1. The Kier molecular flexibility index (Phi) is 13.9. The van der Waals surface area contributed by atoms with Gasteiger partial charge >= 0.3 is 6.09 Å². The molecule has 1 aliphatic heterocycles. The topological polar surface area (TPSA) is 108 Å². The smallest absolute Gasteiger partial charge is 0.410 e. The highest BCUT2D eigenvalue weighted by molar-refractivity contribution is 5.94. The molecular formula is C35H45FN4O5. The number of nitrogens with one attached hydrogen (secondary N) is 2. The van der Waals surface area contributed by atoms with Crippen LogP contribution in [0.15, 0.2) is 48.5 Å². The minimum Gasteiger partial charge on any atom is -0.444 e. The van der Waals surface area contributed by atoms with Crippen LogP contribution in [0.3, 0.4) is 0 Å². The molecule has 45 heavy (non-hydrogen) atoms. The fraction of sp³-hybridized carbons (Fsp3) is 0.486. The van der Waals surface area contributed by atoms with Crippen molar-refractivity contribution in [2.24, 2.45) is 0 Å². The molecule has 0 saturated carbocycles. The summed E-state index contributed by atoms with van der Waals surface area (Å²) in [6, 6.07) is 13.5. The SMILES string of the molecule is CC(C)(C)OC(=O)N1CCN(C(=O)c2cccc(C#CCNC(=O)CCCCNC(=O)CCCCc3ccc(F)cc3)c2)CC1. The number of piperazine rings is 1. The van der Waals surface area contributed by atoms with E-state index in [0.717, 1.165) is 24.8 Å². The molecule has 10 heteroatoms. The minimum atomic E-state index is -0.565. The van der Waals surface area contributed by atoms with Gasteiger partial charge in [-0.3, -0.25) is 14.4 Å². The molecule has 2 aromatic carbocycles. The number of carbonyl (C=O) groups excluding carboxylic acids is 4. The number of unbranched alkanes of at least 4 members (excludes halogenated alkanes) is 2. The van der Waals surface area contributed by atoms with Gasteiger partial charge in [-0.25, -0.2) is 9.18 Å². The van der Waals surface area contributed by atoms with Crippen molar-refractivity contribution in [3.63, 3.8) is 0 Å². The van der Waals surface area contributed by atoms with Crippen molar-refractivity contribution in [3.8, 4) is 11.8 Å². The van der Waals surface area contributed by atoms with Crippen molar-refractivity contribution < 1.29 is 28.3 Å². The lowest BCUT2D eigenvalue weighted by Crippen LogP contribution is -2.51. The Hall–Kier alpha value is -4.39. The van der Waals surface area contributed by atoms with E-state index in [2.05, 4.69) is 22.5 Å². The number of hydrogen-bond acceptors (Lipinski definition) is 5. The number of rotatable bonds is 12. The Morgan fingerprint density at radius 2 is 1.49 bits per heavy atom. The van der Waals surface area contributed by atoms with Crippen LogP contribution in [0.1, 0.15) is 80.8 Å². The van der Waals surface area contributed by atoms with Gasteiger partial charge < -0.3 is 25.2 Å². The number of aryl methyl sites for hydroxylation is 1. The lowest BCUT2D eigenvalue weighted by molar-refractivity contribution is -0.121. The molecule has 0 aromatic heterocycles. The van der Waals surface area contributed by atoms with Gasteiger partial charge in [-0.1, -0.05) is 30.0 Å². The molecule has 1 saturated heterocycles. The highest BCUT2D eigenvalue weighted by Gasteiger charge is 2.28. The van der Waals surface area contributed by atoms with Crippen LogP contribution in [0.5, 0.6) is 0 Å². The van der Waals surface area contributed by atoms with E-state index in [0.29, 0.717) is 69.5 Å². The predicted octanol–water partition coefficient (Wildman–Crippen LogP) is 4.69. The van der Waals surface area contributed by atoms with Gasteiger partial charge in [0.2, 0.25) is 11.8 Å². The zero-order chi connectivity index (χ0) is 32.7. The van der Waals surface area contributed by atoms with Gasteiger partial charge in [0.1, 0.15) is 11.4 Å². The van der Waals surface area contributed by atoms with Gasteiger partial charge in [0.05, 0.1) is 6.54 Å². The quantitative estimate of drug-likeness (QED) is 0.265. The molecule has 0 atom stereocenters. The molecule has 0 bridgehead atoms. The summed E-state index contributed by atoms with van der Waals surface area (Å²) in [4.78, 5) is 52.8. The number of benzene rings is 2. The van der Waals surface area contributed by atoms with Gasteiger partial charge in [0.25, 0.3) is 5.91 Å². The van der Waals surface area contributed by atoms with Crippen molar-refractivity contribution in [1.82, 2.24) is 20.4 Å². The third kappa shape index (κ3) is 13.4. The summed E-state index contributed by atoms with van der Waals surface area (Å²) in [5.74, 6) is 5.46. The summed E-state index contributed by atoms with van der Waals surface area (Å²) < 4.78 is 18.4. The molecule has 0 spiro atoms. The van der Waals surface area contributed by atoms with Crippen molar-refractivity contribution in [2.75, 3.05) is 39.3 Å². The number of ether oxygens (including phenoxy) is 1. The molecule has 1 heterocycles. The first-order chi connectivity index (χ1) is 21.5. The van der Waals surface area contributed by atoms with E-state index in [4.69, 9.17) is 4.74 Å². The van der Waals surface area contributed by atoms with Crippen LogP contribution in [-0.4, -0.2) is 78.5 Å². The first-order valence-corrected chi connectivity index (χ1v) is 15.6. The van der Waals surface area contributed by atoms with Gasteiger partial charge in [0, 0.05) is 56.7 Å². The van der Waals surface area contributed by atoms with E-state index in [9.17, 15) is 23.6 Å². The van der Waals surface area contributed by atoms with Crippen LogP contribution >= 0.6 is 0 Å². The molecule has 9 nitrogen and oxygen atoms in total. The van der Waals surface area contributed by atoms with Crippen molar-refractivity contribution >= 4 is 23.8 Å². The molecule has 0 radical (unpaired) electrons. The third-order valence-electron chi connectivity index (χ3n) is 7.12. The minimum absolute atomic E-state index is 0.000344. The van der Waals surface area contributed by atoms with Crippen molar-refractivity contribution in [1.29, 1.82) is 0 Å². The molecule has 0 aliphatic carbocycles. The summed E-state index contributed by atoms with van der Waals surface area (Å²) in [7, 11) is 0. The van der Waals surface area contributed by atoms with Crippen LogP contribution in [0, 0.1) is 17.7 Å². The largest absolute Gasteiger partial charge is 0.444 e. The van der Waals surface area contributed by atoms with Crippen LogP contribution in [0.2, 0.25) is 0 Å². The van der Waals surface area contributed by atoms with E-state index in [1.165, 1.54) is 12.1 Å². The number of amides is 4. The average molecular weight is 621 g/mol. The molecule has 2 N–H and O–H groups in total. The number of carbonyl (C=O) groups is 4. The summed E-state index contributed by atoms with van der Waals surface area (Å²) in [6.45, 7) is 7.86. The molecule has 1 fully saturated rings. The maximum Gasteiger partial charge on any atom is 0.410 e. The summed E-state index contributed by atoms with van der Waals surface area (Å²) in [6.07, 6.45) is 4.23. The molecule has 3 rings (SSSR count). The molecule has 2 aromatic rings. The number of halogens is 1. The molecular weight excluding hydrogens is 575 g/mol. The Morgan fingerprint density at radius 1 is 0.844 bits per heavy atom. The summed E-state index contributed by atoms with van der Waals surface area (Å²) in [5, 5.41) is 5.67. The lowest BCUT2D eigenvalue weighted by atomic mass is 10.1. The molecule has 4 amide bonds. The van der Waals surface area contributed by atoms with E-state index in [1.54, 1.807) is 40.1 Å². The fourth-order valence-electron chi connectivity index (χ4n) is 4.70. The van der Waals surface area contributed by atoms with Gasteiger partial charge in [-0.05, 0) is 88.8 Å². The maximum atomic E-state index is 13.0. The van der Waals surface area contributed by atoms with E-state index < -0.39 is 5.60 Å². The third-order valence-corrected chi connectivity index (χ3v) is 7.12. The van der Waals surface area contributed by atoms with E-state index >= 15 is 0 Å². The second kappa shape index (κ2) is 17.8. The van der Waals surface area contributed by atoms with Crippen molar-refractivity contribution in [2.45, 2.75) is 71.3 Å². The van der Waals surface area contributed by atoms with E-state index in [-0.39, 0.29) is 36.2 Å². The zero-order valence-electron chi connectivity index (χ0n) is 26.6. The standard InChI is InChI=1S/C35H45FN4O5/c1-35(2,3)45-34(44)40-24-22-39(23-25-40)33(43)29-13-8-11-28(26-29)12-9-21-38-32(42)15-6-7-20-37-31(41)14-5-4-10-27-16-18-30(36)19-17-27/h8,11,13,16-19,26H,4-7,10,14-15,20-25H2,1-3H3,(H,37,41)(H,38,42). The zero-order valence-corrected chi connectivity index (χ0v) is 26.6. The molecule has 1 aliphatic rings. The molecule has 0 unspecified atom stereocenters. The number of nitrogens with zero attached hydrogens (tertiary/aromatic N) is 2. The van der Waals surface area contributed by atoms with Crippen molar-refractivity contribution in [3.05, 3.63) is 71.0 Å².